The van der Waals surface area contributed by atoms with Gasteiger partial charge in [0.1, 0.15) is 5.75 Å². The van der Waals surface area contributed by atoms with Crippen molar-refractivity contribution in [3.63, 3.8) is 0 Å². The molecule has 1 aliphatic carbocycles. The number of benzene rings is 1. The minimum absolute atomic E-state index is 0.236. The fourth-order valence-corrected chi connectivity index (χ4v) is 2.34. The third-order valence-corrected chi connectivity index (χ3v) is 3.70. The van der Waals surface area contributed by atoms with Crippen LogP contribution in [0.5, 0.6) is 5.75 Å². The minimum Gasteiger partial charge on any atom is -0.496 e. The van der Waals surface area contributed by atoms with Gasteiger partial charge in [-0.1, -0.05) is 26.0 Å². The van der Waals surface area contributed by atoms with Crippen molar-refractivity contribution in [1.29, 1.82) is 0 Å². The van der Waals surface area contributed by atoms with E-state index in [1.54, 1.807) is 7.11 Å². The van der Waals surface area contributed by atoms with Gasteiger partial charge >= 0.3 is 0 Å². The van der Waals surface area contributed by atoms with Gasteiger partial charge < -0.3 is 10.5 Å². The van der Waals surface area contributed by atoms with Gasteiger partial charge in [0.25, 0.3) is 0 Å². The van der Waals surface area contributed by atoms with Crippen LogP contribution in [-0.2, 0) is 0 Å². The molecule has 0 aromatic heterocycles. The van der Waals surface area contributed by atoms with Crippen molar-refractivity contribution < 1.29 is 4.74 Å². The molecular weight excluding hydrogens is 186 g/mol. The molecule has 1 aromatic carbocycles. The summed E-state index contributed by atoms with van der Waals surface area (Å²) in [5.41, 5.74) is 8.78. The van der Waals surface area contributed by atoms with E-state index in [-0.39, 0.29) is 11.5 Å². The van der Waals surface area contributed by atoms with Crippen molar-refractivity contribution in [2.45, 2.75) is 32.7 Å². The summed E-state index contributed by atoms with van der Waals surface area (Å²) >= 11 is 0. The largest absolute Gasteiger partial charge is 0.496 e. The first-order valence-electron chi connectivity index (χ1n) is 5.38. The van der Waals surface area contributed by atoms with E-state index in [2.05, 4.69) is 39.0 Å². The van der Waals surface area contributed by atoms with Gasteiger partial charge in [-0.05, 0) is 29.5 Å². The molecule has 2 N–H and O–H groups in total. The fourth-order valence-electron chi connectivity index (χ4n) is 2.34. The van der Waals surface area contributed by atoms with Crippen molar-refractivity contribution in [2.75, 3.05) is 7.11 Å². The lowest BCUT2D eigenvalue weighted by Gasteiger charge is -2.08. The Morgan fingerprint density at radius 1 is 1.33 bits per heavy atom. The first-order valence-corrected chi connectivity index (χ1v) is 5.38. The molecule has 1 aliphatic rings. The summed E-state index contributed by atoms with van der Waals surface area (Å²) < 4.78 is 5.33. The van der Waals surface area contributed by atoms with Crippen LogP contribution < -0.4 is 10.5 Å². The van der Waals surface area contributed by atoms with Crippen molar-refractivity contribution >= 4 is 0 Å². The second-order valence-corrected chi connectivity index (χ2v) is 5.05. The molecule has 15 heavy (non-hydrogen) atoms. The maximum Gasteiger partial charge on any atom is 0.122 e. The predicted molar refractivity (Wildman–Crippen MR) is 62.2 cm³/mol. The van der Waals surface area contributed by atoms with Gasteiger partial charge in [-0.2, -0.15) is 0 Å². The summed E-state index contributed by atoms with van der Waals surface area (Å²) in [5.74, 6) is 1.44. The van der Waals surface area contributed by atoms with Crippen LogP contribution in [0.1, 0.15) is 30.9 Å². The Morgan fingerprint density at radius 2 is 1.93 bits per heavy atom. The average molecular weight is 205 g/mol. The Bertz CT molecular complexity index is 384. The molecule has 0 radical (unpaired) electrons. The molecule has 0 aliphatic heterocycles. The zero-order valence-electron chi connectivity index (χ0n) is 9.87. The van der Waals surface area contributed by atoms with E-state index in [0.29, 0.717) is 5.92 Å². The normalized spacial score (nSPS) is 27.5. The van der Waals surface area contributed by atoms with Gasteiger partial charge in [-0.15, -0.1) is 0 Å². The zero-order chi connectivity index (χ0) is 11.2. The number of hydrogen-bond donors (Lipinski definition) is 1. The lowest BCUT2D eigenvalue weighted by molar-refractivity contribution is 0.411. The van der Waals surface area contributed by atoms with Gasteiger partial charge in [0.15, 0.2) is 0 Å². The topological polar surface area (TPSA) is 35.2 Å². The molecule has 2 rings (SSSR count). The number of aryl methyl sites for hydroxylation is 1. The van der Waals surface area contributed by atoms with E-state index in [0.717, 1.165) is 5.75 Å². The average Bonchev–Trinajstić information content (AvgIpc) is 2.68. The summed E-state index contributed by atoms with van der Waals surface area (Å²) in [5, 5.41) is 0. The lowest BCUT2D eigenvalue weighted by Crippen LogP contribution is -2.06. The standard InChI is InChI=1S/C13H19NO/c1-8-5-6-9(7-10(8)15-4)11-12(14)13(11,2)3/h5-7,11-12H,14H2,1-4H3/t11-,12-/m0/s1. The summed E-state index contributed by atoms with van der Waals surface area (Å²) in [6.45, 7) is 6.49. The molecule has 0 heterocycles. The van der Waals surface area contributed by atoms with Crippen LogP contribution >= 0.6 is 0 Å². The zero-order valence-corrected chi connectivity index (χ0v) is 9.87. The molecule has 0 amide bonds. The number of rotatable bonds is 2. The lowest BCUT2D eigenvalue weighted by atomic mass is 10.0. The maximum atomic E-state index is 6.07. The second-order valence-electron chi connectivity index (χ2n) is 5.05. The molecule has 0 saturated heterocycles. The van der Waals surface area contributed by atoms with Gasteiger partial charge in [-0.25, -0.2) is 0 Å². The summed E-state index contributed by atoms with van der Waals surface area (Å²) in [7, 11) is 1.71. The molecule has 1 aromatic rings. The highest BCUT2D eigenvalue weighted by molar-refractivity contribution is 5.42. The van der Waals surface area contributed by atoms with E-state index in [1.165, 1.54) is 11.1 Å². The highest BCUT2D eigenvalue weighted by Crippen LogP contribution is 2.57. The van der Waals surface area contributed by atoms with Crippen LogP contribution in [0.25, 0.3) is 0 Å². The number of ether oxygens (including phenoxy) is 1. The molecule has 2 atom stereocenters. The summed E-state index contributed by atoms with van der Waals surface area (Å²) in [4.78, 5) is 0. The van der Waals surface area contributed by atoms with E-state index < -0.39 is 0 Å². The molecular formula is C13H19NO. The Hall–Kier alpha value is -1.02. The first-order chi connectivity index (χ1) is 6.98. The second kappa shape index (κ2) is 3.24. The van der Waals surface area contributed by atoms with Crippen molar-refractivity contribution in [2.24, 2.45) is 11.1 Å². The van der Waals surface area contributed by atoms with Crippen molar-refractivity contribution in [3.05, 3.63) is 29.3 Å². The Balaban J connectivity index is 2.32. The quantitative estimate of drug-likeness (QED) is 0.805. The SMILES string of the molecule is COc1cc([C@H]2[C@H](N)C2(C)C)ccc1C. The van der Waals surface area contributed by atoms with Gasteiger partial charge in [0.05, 0.1) is 7.11 Å². The van der Waals surface area contributed by atoms with Gasteiger partial charge in [0.2, 0.25) is 0 Å². The molecule has 0 bridgehead atoms. The summed E-state index contributed by atoms with van der Waals surface area (Å²) in [6.07, 6.45) is 0. The monoisotopic (exact) mass is 205 g/mol. The fraction of sp³-hybridized carbons (Fsp3) is 0.538. The van der Waals surface area contributed by atoms with Crippen LogP contribution in [0, 0.1) is 12.3 Å². The smallest absolute Gasteiger partial charge is 0.122 e. The molecule has 0 spiro atoms. The molecule has 82 valence electrons. The molecule has 1 fully saturated rings. The Kier molecular flexibility index (Phi) is 2.27. The van der Waals surface area contributed by atoms with Crippen LogP contribution in [0.2, 0.25) is 0 Å². The van der Waals surface area contributed by atoms with Crippen LogP contribution in [0.4, 0.5) is 0 Å². The summed E-state index contributed by atoms with van der Waals surface area (Å²) in [6, 6.07) is 6.67. The molecule has 1 saturated carbocycles. The maximum absolute atomic E-state index is 6.07. The van der Waals surface area contributed by atoms with E-state index in [1.807, 2.05) is 0 Å². The van der Waals surface area contributed by atoms with Crippen LogP contribution in [-0.4, -0.2) is 13.2 Å². The molecule has 2 heteroatoms. The molecule has 0 unspecified atom stereocenters. The number of methoxy groups -OCH3 is 1. The van der Waals surface area contributed by atoms with Gasteiger partial charge in [-0.3, -0.25) is 0 Å². The van der Waals surface area contributed by atoms with Crippen molar-refractivity contribution in [1.82, 2.24) is 0 Å². The number of hydrogen-bond acceptors (Lipinski definition) is 2. The highest BCUT2D eigenvalue weighted by Gasteiger charge is 2.56. The minimum atomic E-state index is 0.236. The Morgan fingerprint density at radius 3 is 2.40 bits per heavy atom. The first kappa shape index (κ1) is 10.5. The predicted octanol–water partition coefficient (Wildman–Crippen LogP) is 2.45. The van der Waals surface area contributed by atoms with Crippen molar-refractivity contribution in [3.8, 4) is 5.75 Å². The van der Waals surface area contributed by atoms with E-state index in [4.69, 9.17) is 10.5 Å². The van der Waals surface area contributed by atoms with Crippen LogP contribution in [0.3, 0.4) is 0 Å². The highest BCUT2D eigenvalue weighted by atomic mass is 16.5. The van der Waals surface area contributed by atoms with E-state index >= 15 is 0 Å². The third-order valence-electron chi connectivity index (χ3n) is 3.70. The Labute approximate surface area is 91.4 Å². The van der Waals surface area contributed by atoms with E-state index in [9.17, 15) is 0 Å². The van der Waals surface area contributed by atoms with Crippen LogP contribution in [0.15, 0.2) is 18.2 Å². The molecule has 2 nitrogen and oxygen atoms in total. The number of nitrogens with two attached hydrogens (primary N) is 1. The van der Waals surface area contributed by atoms with Gasteiger partial charge in [0, 0.05) is 12.0 Å². The third kappa shape index (κ3) is 1.53.